The fourth-order valence-corrected chi connectivity index (χ4v) is 1.36. The molecule has 0 aliphatic rings. The quantitative estimate of drug-likeness (QED) is 0.737. The van der Waals surface area contributed by atoms with E-state index in [0.29, 0.717) is 5.56 Å². The minimum Gasteiger partial charge on any atom is -0.464 e. The van der Waals surface area contributed by atoms with E-state index in [1.165, 1.54) is 6.92 Å². The normalized spacial score (nSPS) is 13.0. The Morgan fingerprint density at radius 2 is 2.21 bits per heavy atom. The largest absolute Gasteiger partial charge is 0.464 e. The van der Waals surface area contributed by atoms with Crippen LogP contribution < -0.4 is 0 Å². The number of rotatable bonds is 2. The predicted molar refractivity (Wildman–Crippen MR) is 52.2 cm³/mol. The standard InChI is InChI=1S/C11H10O3/c1-7(12)11(13)9-2-3-10-8(6-9)4-5-14-10/h2-7,12H,1H3. The summed E-state index contributed by atoms with van der Waals surface area (Å²) in [5, 5.41) is 10.00. The molecule has 0 spiro atoms. The van der Waals surface area contributed by atoms with Crippen molar-refractivity contribution in [1.29, 1.82) is 0 Å². The summed E-state index contributed by atoms with van der Waals surface area (Å²) in [6, 6.07) is 6.88. The highest BCUT2D eigenvalue weighted by atomic mass is 16.3. The van der Waals surface area contributed by atoms with Crippen LogP contribution in [0.3, 0.4) is 0 Å². The van der Waals surface area contributed by atoms with Gasteiger partial charge in [0.25, 0.3) is 0 Å². The van der Waals surface area contributed by atoms with Crippen molar-refractivity contribution in [3.05, 3.63) is 36.1 Å². The molecule has 72 valence electrons. The molecule has 0 saturated carbocycles. The van der Waals surface area contributed by atoms with E-state index in [4.69, 9.17) is 9.52 Å². The van der Waals surface area contributed by atoms with Gasteiger partial charge in [-0.1, -0.05) is 0 Å². The molecule has 1 aromatic carbocycles. The van der Waals surface area contributed by atoms with Gasteiger partial charge in [0.2, 0.25) is 0 Å². The molecular formula is C11H10O3. The van der Waals surface area contributed by atoms with Gasteiger partial charge in [-0.2, -0.15) is 0 Å². The maximum absolute atomic E-state index is 11.4. The molecule has 0 bridgehead atoms. The average molecular weight is 190 g/mol. The van der Waals surface area contributed by atoms with Crippen molar-refractivity contribution in [1.82, 2.24) is 0 Å². The Morgan fingerprint density at radius 3 is 2.93 bits per heavy atom. The Morgan fingerprint density at radius 1 is 1.43 bits per heavy atom. The predicted octanol–water partition coefficient (Wildman–Crippen LogP) is 2.00. The van der Waals surface area contributed by atoms with E-state index in [-0.39, 0.29) is 5.78 Å². The van der Waals surface area contributed by atoms with E-state index in [1.807, 2.05) is 0 Å². The number of aliphatic hydroxyl groups excluding tert-OH is 1. The number of carbonyl (C=O) groups is 1. The topological polar surface area (TPSA) is 50.4 Å². The van der Waals surface area contributed by atoms with Gasteiger partial charge in [0.1, 0.15) is 11.7 Å². The lowest BCUT2D eigenvalue weighted by Gasteiger charge is -2.02. The molecule has 0 saturated heterocycles. The van der Waals surface area contributed by atoms with Crippen LogP contribution in [-0.4, -0.2) is 17.0 Å². The van der Waals surface area contributed by atoms with Gasteiger partial charge in [0.05, 0.1) is 6.26 Å². The lowest BCUT2D eigenvalue weighted by Crippen LogP contribution is -2.15. The minimum atomic E-state index is -0.959. The van der Waals surface area contributed by atoms with Crippen molar-refractivity contribution < 1.29 is 14.3 Å². The van der Waals surface area contributed by atoms with Gasteiger partial charge < -0.3 is 9.52 Å². The number of aliphatic hydroxyl groups is 1. The molecule has 0 aliphatic carbocycles. The third-order valence-electron chi connectivity index (χ3n) is 2.12. The first kappa shape index (κ1) is 8.97. The molecule has 3 nitrogen and oxygen atoms in total. The first-order valence-electron chi connectivity index (χ1n) is 4.38. The zero-order chi connectivity index (χ0) is 10.1. The van der Waals surface area contributed by atoms with Gasteiger partial charge in [-0.05, 0) is 31.2 Å². The Labute approximate surface area is 81.0 Å². The highest BCUT2D eigenvalue weighted by molar-refractivity contribution is 6.01. The molecule has 3 heteroatoms. The molecule has 0 radical (unpaired) electrons. The summed E-state index contributed by atoms with van der Waals surface area (Å²) >= 11 is 0. The zero-order valence-electron chi connectivity index (χ0n) is 7.73. The summed E-state index contributed by atoms with van der Waals surface area (Å²) in [5.41, 5.74) is 1.25. The van der Waals surface area contributed by atoms with Crippen LogP contribution in [0, 0.1) is 0 Å². The van der Waals surface area contributed by atoms with E-state index in [0.717, 1.165) is 11.0 Å². The monoisotopic (exact) mass is 190 g/mol. The van der Waals surface area contributed by atoms with Crippen LogP contribution in [-0.2, 0) is 0 Å². The molecule has 14 heavy (non-hydrogen) atoms. The number of furan rings is 1. The van der Waals surface area contributed by atoms with Crippen molar-refractivity contribution in [2.24, 2.45) is 0 Å². The highest BCUT2D eigenvalue weighted by Crippen LogP contribution is 2.17. The van der Waals surface area contributed by atoms with Crippen molar-refractivity contribution in [3.63, 3.8) is 0 Å². The molecule has 2 aromatic rings. The molecule has 1 unspecified atom stereocenters. The zero-order valence-corrected chi connectivity index (χ0v) is 7.73. The molecule has 1 atom stereocenters. The molecule has 2 rings (SSSR count). The van der Waals surface area contributed by atoms with Crippen LogP contribution in [0.15, 0.2) is 34.9 Å². The number of hydrogen-bond donors (Lipinski definition) is 1. The molecule has 0 amide bonds. The van der Waals surface area contributed by atoms with E-state index in [9.17, 15) is 4.79 Å². The van der Waals surface area contributed by atoms with Crippen LogP contribution in [0.2, 0.25) is 0 Å². The average Bonchev–Trinajstić information content (AvgIpc) is 2.62. The first-order chi connectivity index (χ1) is 6.68. The number of fused-ring (bicyclic) bond motifs is 1. The summed E-state index contributed by atoms with van der Waals surface area (Å²) < 4.78 is 5.14. The first-order valence-corrected chi connectivity index (χ1v) is 4.38. The number of hydrogen-bond acceptors (Lipinski definition) is 3. The van der Waals surface area contributed by atoms with Crippen LogP contribution in [0.1, 0.15) is 17.3 Å². The van der Waals surface area contributed by atoms with Crippen molar-refractivity contribution >= 4 is 16.8 Å². The number of ketones is 1. The van der Waals surface area contributed by atoms with Gasteiger partial charge in [-0.3, -0.25) is 4.79 Å². The van der Waals surface area contributed by atoms with Crippen LogP contribution in [0.25, 0.3) is 11.0 Å². The van der Waals surface area contributed by atoms with Gasteiger partial charge in [0, 0.05) is 10.9 Å². The summed E-state index contributed by atoms with van der Waals surface area (Å²) in [6.45, 7) is 1.46. The second kappa shape index (κ2) is 3.27. The molecule has 0 fully saturated rings. The Bertz CT molecular complexity index is 468. The minimum absolute atomic E-state index is 0.270. The second-order valence-electron chi connectivity index (χ2n) is 3.21. The molecule has 1 aromatic heterocycles. The summed E-state index contributed by atoms with van der Waals surface area (Å²) in [7, 11) is 0. The van der Waals surface area contributed by atoms with E-state index in [2.05, 4.69) is 0 Å². The number of benzene rings is 1. The Hall–Kier alpha value is -1.61. The fraction of sp³-hybridized carbons (Fsp3) is 0.182. The van der Waals surface area contributed by atoms with Crippen LogP contribution in [0.4, 0.5) is 0 Å². The third-order valence-corrected chi connectivity index (χ3v) is 2.12. The van der Waals surface area contributed by atoms with Gasteiger partial charge in [0.15, 0.2) is 5.78 Å². The number of carbonyl (C=O) groups excluding carboxylic acids is 1. The van der Waals surface area contributed by atoms with Crippen LogP contribution >= 0.6 is 0 Å². The van der Waals surface area contributed by atoms with Crippen LogP contribution in [0.5, 0.6) is 0 Å². The van der Waals surface area contributed by atoms with Gasteiger partial charge >= 0.3 is 0 Å². The van der Waals surface area contributed by atoms with E-state index < -0.39 is 6.10 Å². The SMILES string of the molecule is CC(O)C(=O)c1ccc2occc2c1. The summed E-state index contributed by atoms with van der Waals surface area (Å²) in [4.78, 5) is 11.4. The lowest BCUT2D eigenvalue weighted by molar-refractivity contribution is 0.0779. The van der Waals surface area contributed by atoms with Gasteiger partial charge in [-0.25, -0.2) is 0 Å². The van der Waals surface area contributed by atoms with Crippen molar-refractivity contribution in [3.8, 4) is 0 Å². The molecule has 0 aliphatic heterocycles. The lowest BCUT2D eigenvalue weighted by atomic mass is 10.1. The van der Waals surface area contributed by atoms with E-state index >= 15 is 0 Å². The van der Waals surface area contributed by atoms with Crippen molar-refractivity contribution in [2.75, 3.05) is 0 Å². The van der Waals surface area contributed by atoms with E-state index in [1.54, 1.807) is 30.5 Å². The molecular weight excluding hydrogens is 180 g/mol. The Kier molecular flexibility index (Phi) is 2.09. The highest BCUT2D eigenvalue weighted by Gasteiger charge is 2.12. The number of Topliss-reactive ketones (excluding diaryl/α,β-unsaturated/α-hetero) is 1. The maximum Gasteiger partial charge on any atom is 0.190 e. The summed E-state index contributed by atoms with van der Waals surface area (Å²) in [5.74, 6) is -0.270. The molecule has 1 heterocycles. The fourth-order valence-electron chi connectivity index (χ4n) is 1.36. The van der Waals surface area contributed by atoms with Gasteiger partial charge in [-0.15, -0.1) is 0 Å². The summed E-state index contributed by atoms with van der Waals surface area (Å²) in [6.07, 6.45) is 0.612. The molecule has 1 N–H and O–H groups in total. The second-order valence-corrected chi connectivity index (χ2v) is 3.21. The Balaban J connectivity index is 2.48. The smallest absolute Gasteiger partial charge is 0.190 e. The third kappa shape index (κ3) is 1.42. The maximum atomic E-state index is 11.4. The van der Waals surface area contributed by atoms with Crippen molar-refractivity contribution in [2.45, 2.75) is 13.0 Å².